The first kappa shape index (κ1) is 37.5. The third-order valence-corrected chi connectivity index (χ3v) is 9.50. The third-order valence-electron chi connectivity index (χ3n) is 6.44. The van der Waals surface area contributed by atoms with Crippen LogP contribution in [-0.2, 0) is 23.1 Å². The number of ether oxygens (including phenoxy) is 1. The molecule has 0 radical (unpaired) electrons. The second-order valence-corrected chi connectivity index (χ2v) is 13.5. The van der Waals surface area contributed by atoms with E-state index in [1.54, 1.807) is 6.20 Å². The number of anilines is 1. The van der Waals surface area contributed by atoms with E-state index < -0.39 is 24.9 Å². The minimum absolute atomic E-state index is 0.0280. The van der Waals surface area contributed by atoms with Crippen molar-refractivity contribution in [2.75, 3.05) is 37.9 Å². The lowest BCUT2D eigenvalue weighted by Gasteiger charge is -2.19. The molecule has 0 spiro atoms. The predicted molar refractivity (Wildman–Crippen MR) is 181 cm³/mol. The molecule has 2 unspecified atom stereocenters. The summed E-state index contributed by atoms with van der Waals surface area (Å²) < 4.78 is 30.9. The van der Waals surface area contributed by atoms with Gasteiger partial charge in [-0.25, -0.2) is 4.79 Å². The Morgan fingerprint density at radius 3 is 2.34 bits per heavy atom. The number of allylic oxidation sites excluding steroid dienone is 10. The van der Waals surface area contributed by atoms with Crippen LogP contribution in [0.25, 0.3) is 0 Å². The number of carbonyl (C=O) groups is 1. The number of nitrogens with zero attached hydrogens (tertiary/aromatic N) is 2. The maximum Gasteiger partial charge on any atom is 0.351 e. The maximum absolute atomic E-state index is 13.0. The van der Waals surface area contributed by atoms with Gasteiger partial charge in [0, 0.05) is 32.0 Å². The van der Waals surface area contributed by atoms with Gasteiger partial charge < -0.3 is 24.8 Å². The van der Waals surface area contributed by atoms with Crippen LogP contribution in [-0.4, -0.2) is 53.1 Å². The van der Waals surface area contributed by atoms with Gasteiger partial charge in [0.1, 0.15) is 17.5 Å². The fourth-order valence-corrected chi connectivity index (χ4v) is 6.46. The fraction of sp³-hybridized carbons (Fsp3) is 0.531. The molecule has 1 fully saturated rings. The summed E-state index contributed by atoms with van der Waals surface area (Å²) in [7, 11) is -2.00. The van der Waals surface area contributed by atoms with Gasteiger partial charge >= 0.3 is 13.3 Å². The van der Waals surface area contributed by atoms with Crippen LogP contribution in [0.4, 0.5) is 5.82 Å². The van der Waals surface area contributed by atoms with Crippen LogP contribution in [0.2, 0.25) is 0 Å². The Morgan fingerprint density at radius 1 is 1.09 bits per heavy atom. The molecule has 0 bridgehead atoms. The molecule has 0 saturated carbocycles. The molecule has 3 atom stereocenters. The summed E-state index contributed by atoms with van der Waals surface area (Å²) >= 11 is 1.45. The van der Waals surface area contributed by atoms with Crippen molar-refractivity contribution in [3.63, 3.8) is 0 Å². The van der Waals surface area contributed by atoms with Crippen molar-refractivity contribution in [1.82, 2.24) is 14.9 Å². The molecule has 1 saturated heterocycles. The van der Waals surface area contributed by atoms with E-state index in [9.17, 15) is 14.2 Å². The highest BCUT2D eigenvalue weighted by Crippen LogP contribution is 2.48. The Labute approximate surface area is 266 Å². The van der Waals surface area contributed by atoms with E-state index in [2.05, 4.69) is 78.0 Å². The van der Waals surface area contributed by atoms with E-state index in [1.807, 2.05) is 0 Å². The second kappa shape index (κ2) is 22.8. The van der Waals surface area contributed by atoms with Crippen molar-refractivity contribution >= 4 is 31.1 Å². The maximum atomic E-state index is 13.0. The van der Waals surface area contributed by atoms with Crippen molar-refractivity contribution in [2.45, 2.75) is 76.4 Å². The molecule has 0 aromatic carbocycles. The number of nitrogens with two attached hydrogens (primary N) is 1. The smallest absolute Gasteiger partial charge is 0.351 e. The summed E-state index contributed by atoms with van der Waals surface area (Å²) in [5, 5.41) is 2.87. The van der Waals surface area contributed by atoms with E-state index in [0.29, 0.717) is 25.1 Å². The quantitative estimate of drug-likeness (QED) is 0.0800. The van der Waals surface area contributed by atoms with Crippen molar-refractivity contribution < 1.29 is 23.1 Å². The van der Waals surface area contributed by atoms with Crippen LogP contribution < -0.4 is 16.7 Å². The highest BCUT2D eigenvalue weighted by molar-refractivity contribution is 8.00. The zero-order valence-electron chi connectivity index (χ0n) is 26.1. The molecule has 10 nitrogen and oxygen atoms in total. The molecule has 1 aliphatic rings. The largest absolute Gasteiger partial charge is 0.383 e. The Balaban J connectivity index is 1.50. The van der Waals surface area contributed by atoms with Crippen LogP contribution in [0, 0.1) is 0 Å². The molecule has 2 heterocycles. The molecule has 1 aromatic heterocycles. The average molecular weight is 649 g/mol. The number of hydrogen-bond acceptors (Lipinski definition) is 9. The van der Waals surface area contributed by atoms with Crippen molar-refractivity contribution in [2.24, 2.45) is 0 Å². The van der Waals surface area contributed by atoms with Crippen LogP contribution in [0.3, 0.4) is 0 Å². The zero-order valence-corrected chi connectivity index (χ0v) is 27.8. The fourth-order valence-electron chi connectivity index (χ4n) is 4.04. The number of nitrogens with one attached hydrogen (secondary N) is 1. The number of unbranched alkanes of at least 4 members (excludes halogenated alkanes) is 1. The first-order valence-corrected chi connectivity index (χ1v) is 18.1. The molecule has 244 valence electrons. The Bertz CT molecular complexity index is 1230. The van der Waals surface area contributed by atoms with Crippen LogP contribution in [0.1, 0.15) is 70.9 Å². The van der Waals surface area contributed by atoms with Gasteiger partial charge in [0.2, 0.25) is 5.91 Å². The molecular weight excluding hydrogens is 599 g/mol. The molecule has 3 N–H and O–H groups in total. The number of aromatic nitrogens is 2. The van der Waals surface area contributed by atoms with Crippen LogP contribution >= 0.6 is 19.4 Å². The summed E-state index contributed by atoms with van der Waals surface area (Å²) in [6.07, 6.45) is 30.3. The Morgan fingerprint density at radius 2 is 1.73 bits per heavy atom. The number of rotatable bonds is 22. The first-order valence-electron chi connectivity index (χ1n) is 15.3. The normalized spacial score (nSPS) is 18.9. The highest BCUT2D eigenvalue weighted by Gasteiger charge is 2.31. The lowest BCUT2D eigenvalue weighted by molar-refractivity contribution is -0.121. The summed E-state index contributed by atoms with van der Waals surface area (Å²) in [6, 6.07) is 1.53. The minimum Gasteiger partial charge on any atom is -0.383 e. The van der Waals surface area contributed by atoms with Gasteiger partial charge in [-0.05, 0) is 57.4 Å². The van der Waals surface area contributed by atoms with Gasteiger partial charge in [-0.1, -0.05) is 67.7 Å². The van der Waals surface area contributed by atoms with Gasteiger partial charge in [0.15, 0.2) is 0 Å². The Kier molecular flexibility index (Phi) is 19.4. The molecule has 1 aromatic rings. The van der Waals surface area contributed by atoms with E-state index in [1.165, 1.54) is 29.5 Å². The Hall–Kier alpha value is -2.69. The number of amides is 1. The van der Waals surface area contributed by atoms with E-state index in [0.717, 1.165) is 44.9 Å². The van der Waals surface area contributed by atoms with Gasteiger partial charge in [0.25, 0.3) is 0 Å². The minimum atomic E-state index is -3.34. The summed E-state index contributed by atoms with van der Waals surface area (Å²) in [5.74, 6) is 0.638. The van der Waals surface area contributed by atoms with Gasteiger partial charge in [-0.15, -0.1) is 11.8 Å². The molecule has 0 aliphatic carbocycles. The van der Waals surface area contributed by atoms with Crippen LogP contribution in [0.15, 0.2) is 77.8 Å². The molecule has 1 aliphatic heterocycles. The SMILES string of the molecule is CC/C=C\C/C=C\C/C=C\C/C=C\C/C=C\CCCC(=O)NCCCP(=O)(OC)OC[C@@H]1OC(n2ccc(N)nc2=O)CS1. The van der Waals surface area contributed by atoms with Gasteiger partial charge in [0.05, 0.1) is 12.8 Å². The van der Waals surface area contributed by atoms with Crippen molar-refractivity contribution in [1.29, 1.82) is 0 Å². The summed E-state index contributed by atoms with van der Waals surface area (Å²) in [4.78, 5) is 27.9. The third kappa shape index (κ3) is 16.4. The lowest BCUT2D eigenvalue weighted by atomic mass is 10.2. The zero-order chi connectivity index (χ0) is 31.9. The molecule has 12 heteroatoms. The van der Waals surface area contributed by atoms with E-state index in [4.69, 9.17) is 19.5 Å². The number of thioether (sulfide) groups is 1. The number of hydrogen-bond donors (Lipinski definition) is 2. The first-order chi connectivity index (χ1) is 21.4. The van der Waals surface area contributed by atoms with Gasteiger partial charge in [-0.2, -0.15) is 4.98 Å². The monoisotopic (exact) mass is 648 g/mol. The average Bonchev–Trinajstić information content (AvgIpc) is 3.48. The van der Waals surface area contributed by atoms with E-state index >= 15 is 0 Å². The topological polar surface area (TPSA) is 135 Å². The second-order valence-electron chi connectivity index (χ2n) is 10.0. The molecule has 1 amide bonds. The van der Waals surface area contributed by atoms with Crippen molar-refractivity contribution in [3.05, 3.63) is 83.5 Å². The van der Waals surface area contributed by atoms with E-state index in [-0.39, 0.29) is 24.5 Å². The summed E-state index contributed by atoms with van der Waals surface area (Å²) in [5.41, 5.74) is 4.64. The predicted octanol–water partition coefficient (Wildman–Crippen LogP) is 6.70. The number of carbonyl (C=O) groups excluding carboxylic acids is 1. The van der Waals surface area contributed by atoms with Crippen LogP contribution in [0.5, 0.6) is 0 Å². The van der Waals surface area contributed by atoms with Gasteiger partial charge in [-0.3, -0.25) is 13.9 Å². The lowest BCUT2D eigenvalue weighted by Crippen LogP contribution is -2.28. The van der Waals surface area contributed by atoms with Crippen molar-refractivity contribution in [3.8, 4) is 0 Å². The number of nitrogen functional groups attached to an aromatic ring is 1. The summed E-state index contributed by atoms with van der Waals surface area (Å²) in [6.45, 7) is 2.58. The molecular formula is C32H49N4O6PS. The molecule has 2 rings (SSSR count). The molecule has 44 heavy (non-hydrogen) atoms. The highest BCUT2D eigenvalue weighted by atomic mass is 32.2. The standard InChI is InChI=1S/C32H49N4O6PS/c1-3-4-5-6-7-8-9-10-11-12-13-14-15-16-17-18-19-21-29(37)34-23-20-25-43(39,40-2)41-26-31-42-30(27-44-31)36-24-22-28(33)35-32(36)38/h4-5,7-8,10-11,13-14,16-17,22,24,30-31H,3,6,9,12,15,18-21,23,25-27H2,1-2H3,(H,34,37)(H2,33,35,38)/b5-4-,8-7-,11-10-,14-13-,17-16-/t30?,31-,43?/m1/s1.